The number of hydrogen-bond donors (Lipinski definition) is 2. The number of aliphatic imine (C=N–C) groups is 1. The Hall–Kier alpha value is -0.730. The summed E-state index contributed by atoms with van der Waals surface area (Å²) in [4.78, 5) is 4.40. The number of rotatable bonds is 2. The minimum absolute atomic E-state index is 0.872. The van der Waals surface area contributed by atoms with Crippen molar-refractivity contribution in [3.05, 3.63) is 0 Å². The van der Waals surface area contributed by atoms with Crippen LogP contribution in [-0.4, -0.2) is 25.6 Å². The molecule has 1 aliphatic heterocycles. The molecule has 0 saturated heterocycles. The van der Waals surface area contributed by atoms with Gasteiger partial charge in [0.2, 0.25) is 0 Å². The van der Waals surface area contributed by atoms with Gasteiger partial charge in [-0.1, -0.05) is 13.3 Å². The van der Waals surface area contributed by atoms with Crippen LogP contribution in [0, 0.1) is 11.8 Å². The summed E-state index contributed by atoms with van der Waals surface area (Å²) >= 11 is 0. The molecule has 0 radical (unpaired) electrons. The Morgan fingerprint density at radius 2 is 2.43 bits per heavy atom. The molecule has 0 aromatic rings. The molecule has 0 bridgehead atoms. The van der Waals surface area contributed by atoms with Crippen molar-refractivity contribution in [3.63, 3.8) is 0 Å². The lowest BCUT2D eigenvalue weighted by Gasteiger charge is -2.18. The molecule has 1 fully saturated rings. The standard InChI is InChI=1S/C11H21N3/c1-9-3-4-10(7-9)8-14-11-12-5-2-6-13-11/h9-10H,2-8H2,1H3,(H2,12,13,14). The van der Waals surface area contributed by atoms with Crippen molar-refractivity contribution in [1.29, 1.82) is 0 Å². The van der Waals surface area contributed by atoms with Crippen molar-refractivity contribution in [3.8, 4) is 0 Å². The molecule has 0 amide bonds. The molecule has 80 valence electrons. The van der Waals surface area contributed by atoms with E-state index in [1.165, 1.54) is 25.7 Å². The predicted octanol–water partition coefficient (Wildman–Crippen LogP) is 1.36. The van der Waals surface area contributed by atoms with Crippen LogP contribution in [0.3, 0.4) is 0 Å². The third-order valence-corrected chi connectivity index (χ3v) is 3.26. The van der Waals surface area contributed by atoms with Gasteiger partial charge in [-0.05, 0) is 31.1 Å². The summed E-state index contributed by atoms with van der Waals surface area (Å²) in [7, 11) is 0. The van der Waals surface area contributed by atoms with E-state index in [1.807, 2.05) is 0 Å². The fourth-order valence-electron chi connectivity index (χ4n) is 2.40. The summed E-state index contributed by atoms with van der Waals surface area (Å²) < 4.78 is 0. The second kappa shape index (κ2) is 4.67. The lowest BCUT2D eigenvalue weighted by atomic mass is 10.1. The highest BCUT2D eigenvalue weighted by Gasteiger charge is 2.21. The largest absolute Gasteiger partial charge is 0.356 e. The molecule has 1 saturated carbocycles. The first-order chi connectivity index (χ1) is 6.84. The van der Waals surface area contributed by atoms with Gasteiger partial charge in [-0.15, -0.1) is 0 Å². The highest BCUT2D eigenvalue weighted by atomic mass is 15.2. The van der Waals surface area contributed by atoms with Gasteiger partial charge >= 0.3 is 0 Å². The summed E-state index contributed by atoms with van der Waals surface area (Å²) in [6.07, 6.45) is 5.36. The number of hydrogen-bond acceptors (Lipinski definition) is 3. The number of nitrogens with zero attached hydrogens (tertiary/aromatic N) is 1. The van der Waals surface area contributed by atoms with Gasteiger partial charge in [0.05, 0.1) is 0 Å². The van der Waals surface area contributed by atoms with Gasteiger partial charge in [0.25, 0.3) is 0 Å². The second-order valence-electron chi connectivity index (χ2n) is 4.68. The first kappa shape index (κ1) is 9.81. The van der Waals surface area contributed by atoms with Crippen LogP contribution in [0.1, 0.15) is 32.6 Å². The Kier molecular flexibility index (Phi) is 3.27. The minimum Gasteiger partial charge on any atom is -0.356 e. The summed E-state index contributed by atoms with van der Waals surface area (Å²) in [6, 6.07) is 0. The van der Waals surface area contributed by atoms with Gasteiger partial charge in [-0.2, -0.15) is 0 Å². The lowest BCUT2D eigenvalue weighted by Crippen LogP contribution is -2.42. The molecule has 3 heteroatoms. The Morgan fingerprint density at radius 3 is 3.07 bits per heavy atom. The highest BCUT2D eigenvalue weighted by molar-refractivity contribution is 5.80. The maximum absolute atomic E-state index is 4.40. The fourth-order valence-corrected chi connectivity index (χ4v) is 2.40. The van der Waals surface area contributed by atoms with Crippen LogP contribution in [0.15, 0.2) is 4.99 Å². The number of guanidine groups is 1. The SMILES string of the molecule is CC1CCC(CNC2=NCCCN2)C1. The van der Waals surface area contributed by atoms with Gasteiger partial charge in [0.15, 0.2) is 5.96 Å². The monoisotopic (exact) mass is 195 g/mol. The molecular weight excluding hydrogens is 174 g/mol. The molecule has 2 N–H and O–H groups in total. The Balaban J connectivity index is 1.69. The highest BCUT2D eigenvalue weighted by Crippen LogP contribution is 2.29. The Morgan fingerprint density at radius 1 is 1.50 bits per heavy atom. The van der Waals surface area contributed by atoms with Crippen LogP contribution >= 0.6 is 0 Å². The smallest absolute Gasteiger partial charge is 0.191 e. The van der Waals surface area contributed by atoms with Crippen molar-refractivity contribution >= 4 is 5.96 Å². The first-order valence-electron chi connectivity index (χ1n) is 5.87. The van der Waals surface area contributed by atoms with E-state index >= 15 is 0 Å². The van der Waals surface area contributed by atoms with Crippen molar-refractivity contribution < 1.29 is 0 Å². The van der Waals surface area contributed by atoms with Crippen LogP contribution in [-0.2, 0) is 0 Å². The normalized spacial score (nSPS) is 32.2. The maximum Gasteiger partial charge on any atom is 0.191 e. The predicted molar refractivity (Wildman–Crippen MR) is 59.4 cm³/mol. The molecule has 2 unspecified atom stereocenters. The van der Waals surface area contributed by atoms with Crippen LogP contribution in [0.2, 0.25) is 0 Å². The van der Waals surface area contributed by atoms with Crippen LogP contribution in [0.25, 0.3) is 0 Å². The summed E-state index contributed by atoms with van der Waals surface area (Å²) in [5.41, 5.74) is 0. The van der Waals surface area contributed by atoms with E-state index in [1.54, 1.807) is 0 Å². The topological polar surface area (TPSA) is 36.4 Å². The third kappa shape index (κ3) is 2.63. The van der Waals surface area contributed by atoms with E-state index in [4.69, 9.17) is 0 Å². The molecule has 1 heterocycles. The molecule has 1 aliphatic carbocycles. The zero-order chi connectivity index (χ0) is 9.80. The van der Waals surface area contributed by atoms with E-state index in [0.717, 1.165) is 37.4 Å². The molecule has 3 nitrogen and oxygen atoms in total. The molecule has 0 aromatic heterocycles. The van der Waals surface area contributed by atoms with Gasteiger partial charge in [-0.3, -0.25) is 4.99 Å². The van der Waals surface area contributed by atoms with Crippen molar-refractivity contribution in [2.45, 2.75) is 32.6 Å². The van der Waals surface area contributed by atoms with E-state index < -0.39 is 0 Å². The summed E-state index contributed by atoms with van der Waals surface area (Å²) in [5.74, 6) is 2.83. The Labute approximate surface area is 86.4 Å². The van der Waals surface area contributed by atoms with E-state index in [9.17, 15) is 0 Å². The number of nitrogens with one attached hydrogen (secondary N) is 2. The van der Waals surface area contributed by atoms with Gasteiger partial charge in [0, 0.05) is 19.6 Å². The van der Waals surface area contributed by atoms with E-state index in [-0.39, 0.29) is 0 Å². The van der Waals surface area contributed by atoms with Crippen LogP contribution in [0.4, 0.5) is 0 Å². The Bertz CT molecular complexity index is 213. The van der Waals surface area contributed by atoms with Crippen LogP contribution < -0.4 is 10.6 Å². The van der Waals surface area contributed by atoms with Crippen LogP contribution in [0.5, 0.6) is 0 Å². The average molecular weight is 195 g/mol. The molecule has 0 spiro atoms. The summed E-state index contributed by atoms with van der Waals surface area (Å²) in [6.45, 7) is 5.52. The zero-order valence-corrected chi connectivity index (χ0v) is 9.05. The molecular formula is C11H21N3. The quantitative estimate of drug-likeness (QED) is 0.698. The third-order valence-electron chi connectivity index (χ3n) is 3.26. The zero-order valence-electron chi connectivity index (χ0n) is 9.05. The average Bonchev–Trinajstić information content (AvgIpc) is 2.63. The van der Waals surface area contributed by atoms with Gasteiger partial charge in [-0.25, -0.2) is 0 Å². The first-order valence-corrected chi connectivity index (χ1v) is 5.87. The molecule has 2 rings (SSSR count). The fraction of sp³-hybridized carbons (Fsp3) is 0.909. The maximum atomic E-state index is 4.40. The van der Waals surface area contributed by atoms with Crippen molar-refractivity contribution in [1.82, 2.24) is 10.6 Å². The van der Waals surface area contributed by atoms with Gasteiger partial charge < -0.3 is 10.6 Å². The summed E-state index contributed by atoms with van der Waals surface area (Å²) in [5, 5.41) is 6.72. The molecule has 2 atom stereocenters. The van der Waals surface area contributed by atoms with E-state index in [0.29, 0.717) is 0 Å². The van der Waals surface area contributed by atoms with Gasteiger partial charge in [0.1, 0.15) is 0 Å². The second-order valence-corrected chi connectivity index (χ2v) is 4.68. The van der Waals surface area contributed by atoms with E-state index in [2.05, 4.69) is 22.5 Å². The molecule has 0 aromatic carbocycles. The lowest BCUT2D eigenvalue weighted by molar-refractivity contribution is 0.501. The molecule has 2 aliphatic rings. The van der Waals surface area contributed by atoms with Crippen molar-refractivity contribution in [2.75, 3.05) is 19.6 Å². The van der Waals surface area contributed by atoms with Crippen molar-refractivity contribution in [2.24, 2.45) is 16.8 Å². The molecule has 14 heavy (non-hydrogen) atoms. The minimum atomic E-state index is 0.872.